The Kier molecular flexibility index (Phi) is 3.71. The molecule has 1 heteroatoms. The smallest absolute Gasteiger partial charge is 0.126 e. The quantitative estimate of drug-likeness (QED) is 0.479. The zero-order valence-corrected chi connectivity index (χ0v) is 8.59. The van der Waals surface area contributed by atoms with Crippen LogP contribution in [0.1, 0.15) is 45.4 Å². The Bertz CT molecular complexity index is 176. The van der Waals surface area contributed by atoms with Crippen molar-refractivity contribution in [1.29, 1.82) is 0 Å². The zero-order valence-electron chi connectivity index (χ0n) is 8.59. The summed E-state index contributed by atoms with van der Waals surface area (Å²) in [5.41, 5.74) is 0.000694. The number of rotatable bonds is 4. The van der Waals surface area contributed by atoms with E-state index in [1.54, 1.807) is 0 Å². The molecule has 0 aromatic rings. The average molecular weight is 180 g/mol. The number of carbonyl (C=O) groups excluding carboxylic acids is 1. The van der Waals surface area contributed by atoms with Crippen LogP contribution < -0.4 is 0 Å². The molecule has 0 amide bonds. The second kappa shape index (κ2) is 4.59. The molecule has 1 saturated carbocycles. The summed E-state index contributed by atoms with van der Waals surface area (Å²) in [6.45, 7) is 5.99. The standard InChI is InChI=1S/C12H20O/c1-3-4-7-12(10-13)8-5-11(2)6-9-12/h3,10-11H,1,4-9H2,2H3. The van der Waals surface area contributed by atoms with Gasteiger partial charge in [-0.1, -0.05) is 13.0 Å². The second-order valence-electron chi connectivity index (χ2n) is 4.49. The van der Waals surface area contributed by atoms with E-state index in [-0.39, 0.29) is 5.41 Å². The molecule has 0 atom stereocenters. The lowest BCUT2D eigenvalue weighted by Gasteiger charge is -2.34. The molecule has 1 rings (SSSR count). The number of aldehydes is 1. The molecule has 0 radical (unpaired) electrons. The number of carbonyl (C=O) groups is 1. The van der Waals surface area contributed by atoms with E-state index in [0.717, 1.165) is 31.6 Å². The van der Waals surface area contributed by atoms with E-state index >= 15 is 0 Å². The summed E-state index contributed by atoms with van der Waals surface area (Å²) in [5.74, 6) is 0.816. The lowest BCUT2D eigenvalue weighted by Crippen LogP contribution is -2.28. The molecular formula is C12H20O. The molecule has 1 aliphatic carbocycles. The highest BCUT2D eigenvalue weighted by molar-refractivity contribution is 5.59. The van der Waals surface area contributed by atoms with E-state index in [1.165, 1.54) is 19.1 Å². The van der Waals surface area contributed by atoms with Gasteiger partial charge in [-0.3, -0.25) is 0 Å². The van der Waals surface area contributed by atoms with E-state index < -0.39 is 0 Å². The fourth-order valence-electron chi connectivity index (χ4n) is 2.15. The van der Waals surface area contributed by atoms with Gasteiger partial charge in [-0.2, -0.15) is 0 Å². The Labute approximate surface area is 81.2 Å². The van der Waals surface area contributed by atoms with Gasteiger partial charge in [-0.25, -0.2) is 0 Å². The first-order valence-corrected chi connectivity index (χ1v) is 5.30. The molecule has 1 aliphatic rings. The fraction of sp³-hybridized carbons (Fsp3) is 0.750. The Morgan fingerprint density at radius 2 is 2.08 bits per heavy atom. The van der Waals surface area contributed by atoms with Gasteiger partial charge in [0.1, 0.15) is 6.29 Å². The molecule has 13 heavy (non-hydrogen) atoms. The van der Waals surface area contributed by atoms with E-state index in [4.69, 9.17) is 0 Å². The van der Waals surface area contributed by atoms with E-state index in [0.29, 0.717) is 0 Å². The highest BCUT2D eigenvalue weighted by atomic mass is 16.1. The van der Waals surface area contributed by atoms with E-state index in [2.05, 4.69) is 13.5 Å². The normalized spacial score (nSPS) is 34.1. The van der Waals surface area contributed by atoms with Crippen LogP contribution in [-0.4, -0.2) is 6.29 Å². The molecule has 0 N–H and O–H groups in total. The SMILES string of the molecule is C=CCCC1(C=O)CCC(C)CC1. The molecular weight excluding hydrogens is 160 g/mol. The molecule has 74 valence electrons. The summed E-state index contributed by atoms with van der Waals surface area (Å²) < 4.78 is 0. The lowest BCUT2D eigenvalue weighted by molar-refractivity contribution is -0.118. The topological polar surface area (TPSA) is 17.1 Å². The maximum absolute atomic E-state index is 11.1. The minimum Gasteiger partial charge on any atom is -0.303 e. The van der Waals surface area contributed by atoms with Crippen LogP contribution in [-0.2, 0) is 4.79 Å². The number of allylic oxidation sites excluding steroid dienone is 1. The highest BCUT2D eigenvalue weighted by Gasteiger charge is 2.32. The van der Waals surface area contributed by atoms with Crippen LogP contribution in [0.2, 0.25) is 0 Å². The van der Waals surface area contributed by atoms with Crippen molar-refractivity contribution in [1.82, 2.24) is 0 Å². The summed E-state index contributed by atoms with van der Waals surface area (Å²) in [6, 6.07) is 0. The second-order valence-corrected chi connectivity index (χ2v) is 4.49. The maximum atomic E-state index is 11.1. The van der Waals surface area contributed by atoms with Crippen LogP contribution in [0.3, 0.4) is 0 Å². The van der Waals surface area contributed by atoms with Gasteiger partial charge in [0.15, 0.2) is 0 Å². The molecule has 0 unspecified atom stereocenters. The number of hydrogen-bond donors (Lipinski definition) is 0. The molecule has 0 heterocycles. The molecule has 0 bridgehead atoms. The summed E-state index contributed by atoms with van der Waals surface area (Å²) >= 11 is 0. The third kappa shape index (κ3) is 2.68. The van der Waals surface area contributed by atoms with Crippen molar-refractivity contribution < 1.29 is 4.79 Å². The average Bonchev–Trinajstić information content (AvgIpc) is 2.18. The van der Waals surface area contributed by atoms with Crippen molar-refractivity contribution in [2.24, 2.45) is 11.3 Å². The van der Waals surface area contributed by atoms with Gasteiger partial charge in [-0.05, 0) is 44.4 Å². The zero-order chi connectivity index (χ0) is 9.73. The minimum atomic E-state index is 0.000694. The predicted molar refractivity (Wildman–Crippen MR) is 55.6 cm³/mol. The van der Waals surface area contributed by atoms with Crippen LogP contribution in [0, 0.1) is 11.3 Å². The molecule has 1 fully saturated rings. The van der Waals surface area contributed by atoms with Crippen molar-refractivity contribution in [2.45, 2.75) is 45.4 Å². The Balaban J connectivity index is 2.49. The van der Waals surface area contributed by atoms with E-state index in [1.807, 2.05) is 6.08 Å². The van der Waals surface area contributed by atoms with Crippen LogP contribution in [0.4, 0.5) is 0 Å². The van der Waals surface area contributed by atoms with Crippen molar-refractivity contribution in [2.75, 3.05) is 0 Å². The van der Waals surface area contributed by atoms with E-state index in [9.17, 15) is 4.79 Å². The molecule has 0 aromatic carbocycles. The molecule has 0 spiro atoms. The van der Waals surface area contributed by atoms with Crippen LogP contribution >= 0.6 is 0 Å². The molecule has 0 aromatic heterocycles. The summed E-state index contributed by atoms with van der Waals surface area (Å²) in [5, 5.41) is 0. The summed E-state index contributed by atoms with van der Waals surface area (Å²) in [6.07, 6.45) is 9.72. The van der Waals surface area contributed by atoms with Gasteiger partial charge >= 0.3 is 0 Å². The predicted octanol–water partition coefficient (Wildman–Crippen LogP) is 3.35. The molecule has 0 aliphatic heterocycles. The minimum absolute atomic E-state index is 0.000694. The summed E-state index contributed by atoms with van der Waals surface area (Å²) in [4.78, 5) is 11.1. The highest BCUT2D eigenvalue weighted by Crippen LogP contribution is 2.40. The first-order valence-electron chi connectivity index (χ1n) is 5.30. The third-order valence-electron chi connectivity index (χ3n) is 3.37. The Morgan fingerprint density at radius 3 is 2.54 bits per heavy atom. The largest absolute Gasteiger partial charge is 0.303 e. The lowest BCUT2D eigenvalue weighted by atomic mass is 9.69. The Morgan fingerprint density at radius 1 is 1.46 bits per heavy atom. The van der Waals surface area contributed by atoms with Crippen LogP contribution in [0.5, 0.6) is 0 Å². The summed E-state index contributed by atoms with van der Waals surface area (Å²) in [7, 11) is 0. The van der Waals surface area contributed by atoms with Gasteiger partial charge in [0, 0.05) is 5.41 Å². The Hall–Kier alpha value is -0.590. The third-order valence-corrected chi connectivity index (χ3v) is 3.37. The van der Waals surface area contributed by atoms with Crippen molar-refractivity contribution in [3.8, 4) is 0 Å². The van der Waals surface area contributed by atoms with Crippen LogP contribution in [0.25, 0.3) is 0 Å². The van der Waals surface area contributed by atoms with Gasteiger partial charge in [0.2, 0.25) is 0 Å². The van der Waals surface area contributed by atoms with Crippen molar-refractivity contribution >= 4 is 6.29 Å². The first-order chi connectivity index (χ1) is 6.22. The van der Waals surface area contributed by atoms with Gasteiger partial charge in [0.25, 0.3) is 0 Å². The monoisotopic (exact) mass is 180 g/mol. The molecule has 1 nitrogen and oxygen atoms in total. The fourth-order valence-corrected chi connectivity index (χ4v) is 2.15. The van der Waals surface area contributed by atoms with Gasteiger partial charge in [-0.15, -0.1) is 6.58 Å². The van der Waals surface area contributed by atoms with Crippen molar-refractivity contribution in [3.63, 3.8) is 0 Å². The molecule has 0 saturated heterocycles. The van der Waals surface area contributed by atoms with Gasteiger partial charge in [0.05, 0.1) is 0 Å². The number of hydrogen-bond acceptors (Lipinski definition) is 1. The maximum Gasteiger partial charge on any atom is 0.126 e. The first kappa shape index (κ1) is 10.5. The van der Waals surface area contributed by atoms with Crippen LogP contribution in [0.15, 0.2) is 12.7 Å². The van der Waals surface area contributed by atoms with Crippen molar-refractivity contribution in [3.05, 3.63) is 12.7 Å². The van der Waals surface area contributed by atoms with Gasteiger partial charge < -0.3 is 4.79 Å².